The lowest BCUT2D eigenvalue weighted by Gasteiger charge is -2.13. The summed E-state index contributed by atoms with van der Waals surface area (Å²) < 4.78 is 2.08. The highest BCUT2D eigenvalue weighted by atomic mass is 16.7. The molecule has 6 rings (SSSR count). The quantitative estimate of drug-likeness (QED) is 0.270. The van der Waals surface area contributed by atoms with Gasteiger partial charge in [-0.15, -0.1) is 5.06 Å². The van der Waals surface area contributed by atoms with Crippen LogP contribution in [0, 0.1) is 11.3 Å². The first-order chi connectivity index (χ1) is 16.6. The lowest BCUT2D eigenvalue weighted by Crippen LogP contribution is -2.30. The smallest absolute Gasteiger partial charge is 0.286 e. The molecule has 3 aromatic carbocycles. The monoisotopic (exact) mass is 450 g/mol. The van der Waals surface area contributed by atoms with Gasteiger partial charge in [-0.3, -0.25) is 14.4 Å². The Balaban J connectivity index is 1.58. The molecule has 0 saturated heterocycles. The van der Waals surface area contributed by atoms with E-state index in [1.54, 1.807) is 0 Å². The van der Waals surface area contributed by atoms with E-state index >= 15 is 0 Å². The van der Waals surface area contributed by atoms with Crippen LogP contribution in [0.1, 0.15) is 46.4 Å². The minimum Gasteiger partial charge on any atom is -0.353 e. The highest BCUT2D eigenvalue weighted by molar-refractivity contribution is 6.38. The summed E-state index contributed by atoms with van der Waals surface area (Å²) in [4.78, 5) is 36.5. The number of unbranched alkanes of at least 4 members (excludes halogenated alkanes) is 3. The average Bonchev–Trinajstić information content (AvgIpc) is 3.45. The summed E-state index contributed by atoms with van der Waals surface area (Å²) in [7, 11) is 1.98. The van der Waals surface area contributed by atoms with Gasteiger partial charge in [0.2, 0.25) is 0 Å². The van der Waals surface area contributed by atoms with Crippen LogP contribution in [0.4, 0.5) is 0 Å². The summed E-state index contributed by atoms with van der Waals surface area (Å²) in [6.45, 7) is 0.243. The first kappa shape index (κ1) is 20.5. The molecule has 0 aliphatic carbocycles. The van der Waals surface area contributed by atoms with Crippen LogP contribution >= 0.6 is 0 Å². The number of rotatable bonds is 6. The molecule has 3 heterocycles. The SMILES string of the molecule is Cn1c2ccccc2c2c3c(c4c5ccccc5[nH]c4c21)C(=O)N(OCCCCCC#N)C3=O. The van der Waals surface area contributed by atoms with Gasteiger partial charge in [0, 0.05) is 46.0 Å². The van der Waals surface area contributed by atoms with E-state index in [1.807, 2.05) is 55.6 Å². The predicted molar refractivity (Wildman–Crippen MR) is 130 cm³/mol. The molecule has 0 saturated carbocycles. The van der Waals surface area contributed by atoms with Crippen LogP contribution in [-0.2, 0) is 11.9 Å². The maximum Gasteiger partial charge on any atom is 0.286 e. The number of carbonyl (C=O) groups is 2. The van der Waals surface area contributed by atoms with Crippen LogP contribution in [-0.4, -0.2) is 33.0 Å². The van der Waals surface area contributed by atoms with E-state index < -0.39 is 11.8 Å². The van der Waals surface area contributed by atoms with Crippen molar-refractivity contribution in [3.8, 4) is 6.07 Å². The standard InChI is InChI=1S/C27H22N4O3/c1-30-19-13-7-5-11-17(19)21-23-22(20-16-10-4-6-12-18(16)29-24(20)25(21)30)26(32)31(27(23)33)34-15-9-3-2-8-14-28/h4-7,10-13,29H,2-3,8-9,15H2,1H3. The van der Waals surface area contributed by atoms with Crippen LogP contribution < -0.4 is 0 Å². The van der Waals surface area contributed by atoms with Gasteiger partial charge < -0.3 is 9.55 Å². The summed E-state index contributed by atoms with van der Waals surface area (Å²) in [5, 5.41) is 13.0. The molecule has 0 fully saturated rings. The van der Waals surface area contributed by atoms with Crippen molar-refractivity contribution in [3.63, 3.8) is 0 Å². The van der Waals surface area contributed by atoms with Crippen molar-refractivity contribution in [3.05, 3.63) is 59.7 Å². The molecular formula is C27H22N4O3. The van der Waals surface area contributed by atoms with Gasteiger partial charge in [0.05, 0.1) is 34.8 Å². The lowest BCUT2D eigenvalue weighted by atomic mass is 9.97. The van der Waals surface area contributed by atoms with E-state index in [-0.39, 0.29) is 6.61 Å². The lowest BCUT2D eigenvalue weighted by molar-refractivity contribution is -0.0921. The largest absolute Gasteiger partial charge is 0.353 e. The number of aromatic amines is 1. The molecule has 5 aromatic rings. The van der Waals surface area contributed by atoms with Crippen molar-refractivity contribution in [1.29, 1.82) is 5.26 Å². The zero-order chi connectivity index (χ0) is 23.4. The molecule has 7 nitrogen and oxygen atoms in total. The maximum absolute atomic E-state index is 13.7. The molecule has 2 amide bonds. The summed E-state index contributed by atoms with van der Waals surface area (Å²) in [5.41, 5.74) is 4.43. The Hall–Kier alpha value is -4.15. The highest BCUT2D eigenvalue weighted by Gasteiger charge is 2.42. The number of fused-ring (bicyclic) bond motifs is 10. The number of hydroxylamine groups is 2. The molecule has 1 aliphatic rings. The van der Waals surface area contributed by atoms with Gasteiger partial charge in [-0.25, -0.2) is 0 Å². The van der Waals surface area contributed by atoms with E-state index in [2.05, 4.69) is 15.6 Å². The Labute approximate surface area is 195 Å². The van der Waals surface area contributed by atoms with Crippen molar-refractivity contribution in [2.45, 2.75) is 25.7 Å². The molecule has 1 aliphatic heterocycles. The Morgan fingerprint density at radius 2 is 1.62 bits per heavy atom. The van der Waals surface area contributed by atoms with Crippen LogP contribution in [0.25, 0.3) is 43.6 Å². The van der Waals surface area contributed by atoms with E-state index in [4.69, 9.17) is 10.1 Å². The minimum atomic E-state index is -0.429. The third-order valence-electron chi connectivity index (χ3n) is 6.75. The van der Waals surface area contributed by atoms with Crippen molar-refractivity contribution >= 4 is 55.4 Å². The minimum absolute atomic E-state index is 0.243. The van der Waals surface area contributed by atoms with Crippen LogP contribution in [0.2, 0.25) is 0 Å². The first-order valence-electron chi connectivity index (χ1n) is 11.5. The molecule has 1 N–H and O–H groups in total. The van der Waals surface area contributed by atoms with E-state index in [0.29, 0.717) is 24.0 Å². The molecular weight excluding hydrogens is 428 g/mol. The number of carbonyl (C=O) groups excluding carboxylic acids is 2. The molecule has 0 bridgehead atoms. The fourth-order valence-corrected chi connectivity index (χ4v) is 5.25. The van der Waals surface area contributed by atoms with Gasteiger partial charge in [0.1, 0.15) is 0 Å². The number of para-hydroxylation sites is 2. The number of nitrogens with zero attached hydrogens (tertiary/aromatic N) is 3. The average molecular weight is 450 g/mol. The van der Waals surface area contributed by atoms with E-state index in [0.717, 1.165) is 61.5 Å². The summed E-state index contributed by atoms with van der Waals surface area (Å²) in [6.07, 6.45) is 2.73. The zero-order valence-electron chi connectivity index (χ0n) is 18.7. The van der Waals surface area contributed by atoms with E-state index in [1.165, 1.54) is 0 Å². The maximum atomic E-state index is 13.7. The van der Waals surface area contributed by atoms with Crippen molar-refractivity contribution in [2.75, 3.05) is 6.61 Å². The molecule has 0 unspecified atom stereocenters. The molecule has 168 valence electrons. The zero-order valence-corrected chi connectivity index (χ0v) is 18.7. The second-order valence-electron chi connectivity index (χ2n) is 8.68. The van der Waals surface area contributed by atoms with Gasteiger partial charge >= 0.3 is 0 Å². The Kier molecular flexibility index (Phi) is 4.64. The van der Waals surface area contributed by atoms with Gasteiger partial charge in [-0.2, -0.15) is 5.26 Å². The van der Waals surface area contributed by atoms with Gasteiger partial charge in [0.25, 0.3) is 11.8 Å². The number of aromatic nitrogens is 2. The number of aryl methyl sites for hydroxylation is 1. The fourth-order valence-electron chi connectivity index (χ4n) is 5.25. The second kappa shape index (κ2) is 7.72. The summed E-state index contributed by atoms with van der Waals surface area (Å²) in [6, 6.07) is 17.9. The third-order valence-corrected chi connectivity index (χ3v) is 6.75. The van der Waals surface area contributed by atoms with Crippen molar-refractivity contribution in [2.24, 2.45) is 7.05 Å². The summed E-state index contributed by atoms with van der Waals surface area (Å²) in [5.74, 6) is -0.854. The number of benzene rings is 3. The molecule has 7 heteroatoms. The molecule has 2 aromatic heterocycles. The van der Waals surface area contributed by atoms with Crippen molar-refractivity contribution in [1.82, 2.24) is 14.6 Å². The Morgan fingerprint density at radius 1 is 0.912 bits per heavy atom. The van der Waals surface area contributed by atoms with Crippen molar-refractivity contribution < 1.29 is 14.4 Å². The van der Waals surface area contributed by atoms with Crippen LogP contribution in [0.15, 0.2) is 48.5 Å². The Bertz CT molecular complexity index is 1690. The van der Waals surface area contributed by atoms with Crippen LogP contribution in [0.5, 0.6) is 0 Å². The molecule has 0 spiro atoms. The molecule has 34 heavy (non-hydrogen) atoms. The Morgan fingerprint density at radius 3 is 2.41 bits per heavy atom. The second-order valence-corrected chi connectivity index (χ2v) is 8.68. The normalized spacial score (nSPS) is 13.6. The van der Waals surface area contributed by atoms with Gasteiger partial charge in [0.15, 0.2) is 0 Å². The predicted octanol–water partition coefficient (Wildman–Crippen LogP) is 5.58. The van der Waals surface area contributed by atoms with Gasteiger partial charge in [-0.05, 0) is 25.0 Å². The number of imide groups is 1. The number of nitriles is 1. The summed E-state index contributed by atoms with van der Waals surface area (Å²) >= 11 is 0. The van der Waals surface area contributed by atoms with Crippen LogP contribution in [0.3, 0.4) is 0 Å². The topological polar surface area (TPSA) is 91.1 Å². The highest BCUT2D eigenvalue weighted by Crippen LogP contribution is 2.44. The number of hydrogen-bond acceptors (Lipinski definition) is 4. The molecule has 0 atom stereocenters. The van der Waals surface area contributed by atoms with Gasteiger partial charge in [-0.1, -0.05) is 42.8 Å². The fraction of sp³-hybridized carbons (Fsp3) is 0.222. The third kappa shape index (κ3) is 2.72. The first-order valence-corrected chi connectivity index (χ1v) is 11.5. The number of H-pyrrole nitrogens is 1. The number of amides is 2. The van der Waals surface area contributed by atoms with E-state index in [9.17, 15) is 9.59 Å². The molecule has 0 radical (unpaired) electrons. The number of hydrogen-bond donors (Lipinski definition) is 1. The number of nitrogens with one attached hydrogen (secondary N) is 1.